The Morgan fingerprint density at radius 1 is 1.43 bits per heavy atom. The first-order valence-electron chi connectivity index (χ1n) is 6.00. The molecule has 21 heavy (non-hydrogen) atoms. The number of carboxylic acid groups (broad SMARTS) is 1. The van der Waals surface area contributed by atoms with Crippen LogP contribution in [0.3, 0.4) is 0 Å². The Morgan fingerprint density at radius 3 is 2.62 bits per heavy atom. The quantitative estimate of drug-likeness (QED) is 0.932. The van der Waals surface area contributed by atoms with Gasteiger partial charge in [-0.3, -0.25) is 9.69 Å². The van der Waals surface area contributed by atoms with Crippen molar-refractivity contribution in [3.63, 3.8) is 0 Å². The average molecular weight is 303 g/mol. The van der Waals surface area contributed by atoms with E-state index in [1.54, 1.807) is 0 Å². The summed E-state index contributed by atoms with van der Waals surface area (Å²) in [6.45, 7) is 1.09. The van der Waals surface area contributed by atoms with Crippen LogP contribution in [0.5, 0.6) is 0 Å². The SMILES string of the molecule is CC1(CC(=O)O)COC(=O)N1c1ccccc1C(F)(F)F. The van der Waals surface area contributed by atoms with Gasteiger partial charge in [0, 0.05) is 0 Å². The molecule has 1 unspecified atom stereocenters. The molecule has 0 radical (unpaired) electrons. The summed E-state index contributed by atoms with van der Waals surface area (Å²) in [5.74, 6) is -1.23. The van der Waals surface area contributed by atoms with Crippen LogP contribution in [-0.4, -0.2) is 29.3 Å². The lowest BCUT2D eigenvalue weighted by Gasteiger charge is -2.32. The molecule has 0 bridgehead atoms. The number of halogens is 3. The van der Waals surface area contributed by atoms with Gasteiger partial charge in [0.15, 0.2) is 0 Å². The number of ether oxygens (including phenoxy) is 1. The normalized spacial score (nSPS) is 22.3. The van der Waals surface area contributed by atoms with E-state index in [0.717, 1.165) is 17.0 Å². The third-order valence-corrected chi connectivity index (χ3v) is 3.21. The summed E-state index contributed by atoms with van der Waals surface area (Å²) in [5, 5.41) is 8.90. The molecule has 1 aromatic carbocycles. The second-order valence-corrected chi connectivity index (χ2v) is 4.97. The number of rotatable bonds is 3. The molecule has 1 aliphatic heterocycles. The van der Waals surface area contributed by atoms with Crippen LogP contribution < -0.4 is 4.90 Å². The Bertz CT molecular complexity index is 587. The van der Waals surface area contributed by atoms with E-state index >= 15 is 0 Å². The van der Waals surface area contributed by atoms with Crippen molar-refractivity contribution in [2.75, 3.05) is 11.5 Å². The van der Waals surface area contributed by atoms with Gasteiger partial charge in [0.25, 0.3) is 0 Å². The van der Waals surface area contributed by atoms with Gasteiger partial charge in [-0.25, -0.2) is 4.79 Å². The fourth-order valence-electron chi connectivity index (χ4n) is 2.32. The third-order valence-electron chi connectivity index (χ3n) is 3.21. The van der Waals surface area contributed by atoms with Gasteiger partial charge in [0.05, 0.1) is 23.2 Å². The van der Waals surface area contributed by atoms with Crippen LogP contribution in [0.25, 0.3) is 0 Å². The van der Waals surface area contributed by atoms with Crippen LogP contribution in [0.15, 0.2) is 24.3 Å². The molecule has 2 rings (SSSR count). The number of hydrogen-bond donors (Lipinski definition) is 1. The summed E-state index contributed by atoms with van der Waals surface area (Å²) in [6, 6.07) is 4.50. The van der Waals surface area contributed by atoms with E-state index in [1.165, 1.54) is 19.1 Å². The summed E-state index contributed by atoms with van der Waals surface area (Å²) in [6.07, 6.45) is -6.18. The molecule has 114 valence electrons. The van der Waals surface area contributed by atoms with Crippen molar-refractivity contribution in [1.82, 2.24) is 0 Å². The number of nitrogens with zero attached hydrogens (tertiary/aromatic N) is 1. The molecule has 0 saturated carbocycles. The highest BCUT2D eigenvalue weighted by Crippen LogP contribution is 2.41. The maximum Gasteiger partial charge on any atom is 0.418 e. The lowest BCUT2D eigenvalue weighted by Crippen LogP contribution is -2.47. The highest BCUT2D eigenvalue weighted by molar-refractivity contribution is 5.93. The van der Waals surface area contributed by atoms with Gasteiger partial charge < -0.3 is 9.84 Å². The molecule has 1 saturated heterocycles. The molecular formula is C13H12F3NO4. The van der Waals surface area contributed by atoms with Crippen molar-refractivity contribution in [3.8, 4) is 0 Å². The Balaban J connectivity index is 2.53. The Kier molecular flexibility index (Phi) is 3.56. The molecular weight excluding hydrogens is 291 g/mol. The van der Waals surface area contributed by atoms with Crippen molar-refractivity contribution in [2.24, 2.45) is 0 Å². The van der Waals surface area contributed by atoms with E-state index < -0.39 is 41.4 Å². The zero-order valence-electron chi connectivity index (χ0n) is 11.0. The molecule has 0 aliphatic carbocycles. The molecule has 1 fully saturated rings. The smallest absolute Gasteiger partial charge is 0.418 e. The van der Waals surface area contributed by atoms with Gasteiger partial charge in [-0.1, -0.05) is 12.1 Å². The minimum absolute atomic E-state index is 0.287. The zero-order valence-corrected chi connectivity index (χ0v) is 11.0. The summed E-state index contributed by atoms with van der Waals surface area (Å²) in [7, 11) is 0. The largest absolute Gasteiger partial charge is 0.481 e. The Hall–Kier alpha value is -2.25. The number of cyclic esters (lactones) is 1. The summed E-state index contributed by atoms with van der Waals surface area (Å²) in [4.78, 5) is 23.5. The van der Waals surface area contributed by atoms with Gasteiger partial charge in [0.1, 0.15) is 6.61 Å². The van der Waals surface area contributed by atoms with Crippen LogP contribution in [-0.2, 0) is 15.7 Å². The molecule has 1 atom stereocenters. The standard InChI is InChI=1S/C13H12F3NO4/c1-12(6-10(18)19)7-21-11(20)17(12)9-5-3-2-4-8(9)13(14,15)16/h2-5H,6-7H2,1H3,(H,18,19). The van der Waals surface area contributed by atoms with Gasteiger partial charge >= 0.3 is 18.2 Å². The number of carbonyl (C=O) groups excluding carboxylic acids is 1. The predicted octanol–water partition coefficient (Wildman–Crippen LogP) is 2.90. The number of anilines is 1. The fraction of sp³-hybridized carbons (Fsp3) is 0.385. The van der Waals surface area contributed by atoms with E-state index in [9.17, 15) is 22.8 Å². The van der Waals surface area contributed by atoms with Crippen molar-refractivity contribution in [1.29, 1.82) is 0 Å². The number of hydrogen-bond acceptors (Lipinski definition) is 3. The highest BCUT2D eigenvalue weighted by atomic mass is 19.4. The van der Waals surface area contributed by atoms with E-state index in [0.29, 0.717) is 0 Å². The van der Waals surface area contributed by atoms with Gasteiger partial charge in [-0.15, -0.1) is 0 Å². The lowest BCUT2D eigenvalue weighted by molar-refractivity contribution is -0.138. The molecule has 0 spiro atoms. The number of amides is 1. The van der Waals surface area contributed by atoms with Crippen LogP contribution in [0.4, 0.5) is 23.7 Å². The molecule has 0 aromatic heterocycles. The van der Waals surface area contributed by atoms with Crippen molar-refractivity contribution in [3.05, 3.63) is 29.8 Å². The van der Waals surface area contributed by atoms with Crippen molar-refractivity contribution in [2.45, 2.75) is 25.1 Å². The zero-order chi connectivity index (χ0) is 15.8. The third kappa shape index (κ3) is 2.79. The van der Waals surface area contributed by atoms with Crippen LogP contribution in [0.2, 0.25) is 0 Å². The topological polar surface area (TPSA) is 66.8 Å². The maximum atomic E-state index is 13.0. The average Bonchev–Trinajstić information content (AvgIpc) is 2.63. The minimum Gasteiger partial charge on any atom is -0.481 e. The van der Waals surface area contributed by atoms with Crippen LogP contribution >= 0.6 is 0 Å². The molecule has 1 aliphatic rings. The van der Waals surface area contributed by atoms with Gasteiger partial charge in [-0.2, -0.15) is 13.2 Å². The van der Waals surface area contributed by atoms with E-state index in [1.807, 2.05) is 0 Å². The van der Waals surface area contributed by atoms with Gasteiger partial charge in [-0.05, 0) is 19.1 Å². The number of benzene rings is 1. The van der Waals surface area contributed by atoms with Crippen LogP contribution in [0, 0.1) is 0 Å². The molecule has 8 heteroatoms. The molecule has 1 heterocycles. The maximum absolute atomic E-state index is 13.0. The van der Waals surface area contributed by atoms with Crippen LogP contribution in [0.1, 0.15) is 18.9 Å². The number of carboxylic acids is 1. The highest BCUT2D eigenvalue weighted by Gasteiger charge is 2.49. The fourth-order valence-corrected chi connectivity index (χ4v) is 2.32. The molecule has 1 aromatic rings. The van der Waals surface area contributed by atoms with E-state index in [4.69, 9.17) is 9.84 Å². The summed E-state index contributed by atoms with van der Waals surface area (Å²) in [5.41, 5.74) is -2.79. The number of aliphatic carboxylic acids is 1. The molecule has 1 amide bonds. The predicted molar refractivity (Wildman–Crippen MR) is 65.9 cm³/mol. The van der Waals surface area contributed by atoms with E-state index in [2.05, 4.69) is 0 Å². The number of carbonyl (C=O) groups is 2. The molecule has 1 N–H and O–H groups in total. The summed E-state index contributed by atoms with van der Waals surface area (Å²) < 4.78 is 43.9. The minimum atomic E-state index is -4.66. The van der Waals surface area contributed by atoms with Crippen molar-refractivity contribution < 1.29 is 32.6 Å². The first kappa shape index (κ1) is 15.1. The van der Waals surface area contributed by atoms with E-state index in [-0.39, 0.29) is 6.61 Å². The Morgan fingerprint density at radius 2 is 2.05 bits per heavy atom. The second kappa shape index (κ2) is 4.94. The first-order valence-corrected chi connectivity index (χ1v) is 6.00. The lowest BCUT2D eigenvalue weighted by atomic mass is 9.96. The first-order chi connectivity index (χ1) is 9.65. The van der Waals surface area contributed by atoms with Crippen molar-refractivity contribution >= 4 is 17.7 Å². The number of alkyl halides is 3. The van der Waals surface area contributed by atoms with Gasteiger partial charge in [0.2, 0.25) is 0 Å². The number of para-hydroxylation sites is 1. The Labute approximate surface area is 117 Å². The second-order valence-electron chi connectivity index (χ2n) is 4.97. The molecule has 5 nitrogen and oxygen atoms in total. The monoisotopic (exact) mass is 303 g/mol. The summed E-state index contributed by atoms with van der Waals surface area (Å²) >= 11 is 0.